The van der Waals surface area contributed by atoms with Crippen LogP contribution < -0.4 is 21.1 Å². The van der Waals surface area contributed by atoms with E-state index in [1.54, 1.807) is 12.1 Å². The summed E-state index contributed by atoms with van der Waals surface area (Å²) in [5.41, 5.74) is 9.54. The fourth-order valence-electron chi connectivity index (χ4n) is 5.11. The van der Waals surface area contributed by atoms with Crippen LogP contribution in [0.3, 0.4) is 0 Å². The summed E-state index contributed by atoms with van der Waals surface area (Å²) in [6.07, 6.45) is -0.748. The number of rotatable bonds is 17. The Hall–Kier alpha value is -5.48. The summed E-state index contributed by atoms with van der Waals surface area (Å²) in [6, 6.07) is 32.3. The van der Waals surface area contributed by atoms with Crippen molar-refractivity contribution in [3.63, 3.8) is 0 Å². The molecule has 0 heterocycles. The number of esters is 1. The maximum Gasteiger partial charge on any atom is 0.408 e. The topological polar surface area (TPSA) is 146 Å². The van der Waals surface area contributed by atoms with Crippen LogP contribution in [-0.4, -0.2) is 35.8 Å². The number of ether oxygens (including phenoxy) is 3. The molecule has 0 spiro atoms. The molecule has 0 fully saturated rings. The fourth-order valence-corrected chi connectivity index (χ4v) is 5.11. The molecule has 0 saturated carbocycles. The van der Waals surface area contributed by atoms with Gasteiger partial charge in [-0.25, -0.2) is 4.79 Å². The number of Topliss-reactive ketones (excluding diaryl/α,β-unsaturated/α-hetero) is 1. The van der Waals surface area contributed by atoms with Gasteiger partial charge >= 0.3 is 12.1 Å². The van der Waals surface area contributed by atoms with E-state index >= 15 is 0 Å². The number of benzene rings is 4. The van der Waals surface area contributed by atoms with Crippen molar-refractivity contribution in [1.82, 2.24) is 10.6 Å². The van der Waals surface area contributed by atoms with Crippen LogP contribution in [0.15, 0.2) is 115 Å². The van der Waals surface area contributed by atoms with E-state index in [2.05, 4.69) is 10.6 Å². The highest BCUT2D eigenvalue weighted by Crippen LogP contribution is 2.22. The standard InChI is InChI=1S/C39H43N3O7/c1-3-34(31-19-21-32(22-20-31)47-24-28-13-7-4-8-14-28)41-38(45)36(42-39(46)49-26-30-17-11-6-12-18-30)27(2)37(44)33(40)23-35(43)48-25-29-15-9-5-10-16-29/h4-22,27,33-34,36H,3,23-26,40H2,1-2H3,(H,41,45)(H,42,46)/t27?,33-,34?,36-/m0/s1. The fraction of sp³-hybridized carbons (Fsp3) is 0.282. The van der Waals surface area contributed by atoms with Crippen molar-refractivity contribution in [3.8, 4) is 5.75 Å². The average molecular weight is 666 g/mol. The zero-order chi connectivity index (χ0) is 35.0. The van der Waals surface area contributed by atoms with Crippen molar-refractivity contribution in [2.75, 3.05) is 0 Å². The molecule has 0 radical (unpaired) electrons. The molecule has 0 aliphatic rings. The molecular formula is C39H43N3O7. The molecule has 0 aliphatic carbocycles. The van der Waals surface area contributed by atoms with Gasteiger partial charge in [0.05, 0.1) is 18.5 Å². The smallest absolute Gasteiger partial charge is 0.408 e. The van der Waals surface area contributed by atoms with Gasteiger partial charge in [-0.2, -0.15) is 0 Å². The molecule has 49 heavy (non-hydrogen) atoms. The molecule has 0 aliphatic heterocycles. The van der Waals surface area contributed by atoms with Crippen molar-refractivity contribution < 1.29 is 33.4 Å². The minimum Gasteiger partial charge on any atom is -0.489 e. The Morgan fingerprint density at radius 2 is 1.18 bits per heavy atom. The van der Waals surface area contributed by atoms with Gasteiger partial charge in [-0.05, 0) is 40.8 Å². The average Bonchev–Trinajstić information content (AvgIpc) is 3.14. The Kier molecular flexibility index (Phi) is 13.9. The summed E-state index contributed by atoms with van der Waals surface area (Å²) >= 11 is 0. The molecule has 0 saturated heterocycles. The SMILES string of the molecule is CCC(NC(=O)[C@@H](NC(=O)OCc1ccccc1)C(C)C(=O)[C@@H](N)CC(=O)OCc1ccccc1)c1ccc(OCc2ccccc2)cc1. The van der Waals surface area contributed by atoms with E-state index in [1.807, 2.05) is 110 Å². The minimum absolute atomic E-state index is 0.0353. The second-order valence-electron chi connectivity index (χ2n) is 11.6. The number of ketones is 1. The molecule has 2 unspecified atom stereocenters. The predicted octanol–water partition coefficient (Wildman–Crippen LogP) is 5.79. The van der Waals surface area contributed by atoms with Crippen molar-refractivity contribution in [2.24, 2.45) is 11.7 Å². The quantitative estimate of drug-likeness (QED) is 0.120. The Balaban J connectivity index is 1.41. The minimum atomic E-state index is -1.34. The molecule has 4 atom stereocenters. The Morgan fingerprint density at radius 3 is 1.71 bits per heavy atom. The summed E-state index contributed by atoms with van der Waals surface area (Å²) in [5, 5.41) is 5.52. The highest BCUT2D eigenvalue weighted by Gasteiger charge is 2.36. The number of hydrogen-bond acceptors (Lipinski definition) is 8. The molecular weight excluding hydrogens is 622 g/mol. The molecule has 4 aromatic rings. The molecule has 4 aromatic carbocycles. The first-order valence-corrected chi connectivity index (χ1v) is 16.3. The van der Waals surface area contributed by atoms with Gasteiger partial charge in [-0.3, -0.25) is 14.4 Å². The number of carbonyl (C=O) groups excluding carboxylic acids is 4. The Bertz CT molecular complexity index is 1630. The third kappa shape index (κ3) is 11.6. The van der Waals surface area contributed by atoms with Gasteiger partial charge in [0, 0.05) is 5.92 Å². The van der Waals surface area contributed by atoms with Gasteiger partial charge < -0.3 is 30.6 Å². The van der Waals surface area contributed by atoms with E-state index in [0.717, 1.165) is 22.3 Å². The zero-order valence-corrected chi connectivity index (χ0v) is 27.7. The van der Waals surface area contributed by atoms with Crippen LogP contribution in [0.1, 0.15) is 55.0 Å². The van der Waals surface area contributed by atoms with Gasteiger partial charge in [0.15, 0.2) is 5.78 Å². The molecule has 4 rings (SSSR count). The van der Waals surface area contributed by atoms with Crippen LogP contribution in [0.5, 0.6) is 5.75 Å². The third-order valence-corrected chi connectivity index (χ3v) is 7.97. The first kappa shape index (κ1) is 36.4. The normalized spacial score (nSPS) is 13.2. The lowest BCUT2D eigenvalue weighted by atomic mass is 9.90. The largest absolute Gasteiger partial charge is 0.489 e. The van der Waals surface area contributed by atoms with Crippen LogP contribution in [0.25, 0.3) is 0 Å². The number of amides is 2. The second kappa shape index (κ2) is 18.8. The first-order valence-electron chi connectivity index (χ1n) is 16.3. The van der Waals surface area contributed by atoms with Crippen molar-refractivity contribution >= 4 is 23.8 Å². The molecule has 4 N–H and O–H groups in total. The highest BCUT2D eigenvalue weighted by molar-refractivity contribution is 5.96. The summed E-state index contributed by atoms with van der Waals surface area (Å²) in [6.45, 7) is 3.81. The molecule has 2 amide bonds. The van der Waals surface area contributed by atoms with E-state index in [9.17, 15) is 19.2 Å². The monoisotopic (exact) mass is 665 g/mol. The van der Waals surface area contributed by atoms with E-state index < -0.39 is 47.8 Å². The number of nitrogens with one attached hydrogen (secondary N) is 2. The molecule has 256 valence electrons. The van der Waals surface area contributed by atoms with Crippen LogP contribution in [0, 0.1) is 5.92 Å². The van der Waals surface area contributed by atoms with E-state index in [0.29, 0.717) is 18.8 Å². The Labute approximate surface area is 287 Å². The summed E-state index contributed by atoms with van der Waals surface area (Å²) in [4.78, 5) is 52.7. The zero-order valence-electron chi connectivity index (χ0n) is 27.7. The maximum atomic E-state index is 13.8. The van der Waals surface area contributed by atoms with E-state index in [4.69, 9.17) is 19.9 Å². The summed E-state index contributed by atoms with van der Waals surface area (Å²) < 4.78 is 16.5. The van der Waals surface area contributed by atoms with Gasteiger partial charge in [-0.15, -0.1) is 0 Å². The van der Waals surface area contributed by atoms with Crippen molar-refractivity contribution in [3.05, 3.63) is 138 Å². The van der Waals surface area contributed by atoms with Crippen LogP contribution >= 0.6 is 0 Å². The maximum absolute atomic E-state index is 13.8. The predicted molar refractivity (Wildman–Crippen MR) is 185 cm³/mol. The second-order valence-corrected chi connectivity index (χ2v) is 11.6. The lowest BCUT2D eigenvalue weighted by Crippen LogP contribution is -2.55. The molecule has 10 nitrogen and oxygen atoms in total. The molecule has 0 aromatic heterocycles. The Morgan fingerprint density at radius 1 is 0.673 bits per heavy atom. The van der Waals surface area contributed by atoms with Crippen molar-refractivity contribution in [1.29, 1.82) is 0 Å². The lowest BCUT2D eigenvalue weighted by molar-refractivity contribution is -0.147. The van der Waals surface area contributed by atoms with Crippen LogP contribution in [0.4, 0.5) is 4.79 Å². The summed E-state index contributed by atoms with van der Waals surface area (Å²) in [7, 11) is 0. The van der Waals surface area contributed by atoms with Crippen LogP contribution in [-0.2, 0) is 43.7 Å². The number of nitrogens with two attached hydrogens (primary N) is 1. The number of carbonyl (C=O) groups is 4. The lowest BCUT2D eigenvalue weighted by Gasteiger charge is -2.27. The van der Waals surface area contributed by atoms with Gasteiger partial charge in [0.2, 0.25) is 5.91 Å². The molecule has 0 bridgehead atoms. The van der Waals surface area contributed by atoms with E-state index in [1.165, 1.54) is 6.92 Å². The number of alkyl carbamates (subject to hydrolysis) is 1. The van der Waals surface area contributed by atoms with Gasteiger partial charge in [-0.1, -0.05) is 117 Å². The van der Waals surface area contributed by atoms with Crippen LogP contribution in [0.2, 0.25) is 0 Å². The number of hydrogen-bond donors (Lipinski definition) is 3. The third-order valence-electron chi connectivity index (χ3n) is 7.97. The first-order chi connectivity index (χ1) is 23.7. The van der Waals surface area contributed by atoms with Gasteiger partial charge in [0.25, 0.3) is 0 Å². The van der Waals surface area contributed by atoms with Crippen molar-refractivity contribution in [2.45, 2.75) is 64.6 Å². The highest BCUT2D eigenvalue weighted by atomic mass is 16.5. The summed E-state index contributed by atoms with van der Waals surface area (Å²) in [5.74, 6) is -2.28. The van der Waals surface area contributed by atoms with E-state index in [-0.39, 0.29) is 19.6 Å². The van der Waals surface area contributed by atoms with Gasteiger partial charge in [0.1, 0.15) is 31.6 Å². The molecule has 10 heteroatoms.